The van der Waals surface area contributed by atoms with Crippen LogP contribution in [0.4, 0.5) is 0 Å². The van der Waals surface area contributed by atoms with E-state index in [4.69, 9.17) is 0 Å². The number of hydrogen-bond acceptors (Lipinski definition) is 6. The summed E-state index contributed by atoms with van der Waals surface area (Å²) in [7, 11) is 0. The molecule has 0 spiro atoms. The number of likely N-dealkylation sites (tertiary alicyclic amines) is 1. The molecule has 1 amide bonds. The lowest BCUT2D eigenvalue weighted by Crippen LogP contribution is -2.39. The van der Waals surface area contributed by atoms with Gasteiger partial charge in [0.2, 0.25) is 5.91 Å². The van der Waals surface area contributed by atoms with E-state index in [2.05, 4.69) is 50.6 Å². The number of piperidine rings is 1. The summed E-state index contributed by atoms with van der Waals surface area (Å²) >= 11 is 1.42. The zero-order valence-corrected chi connectivity index (χ0v) is 19.2. The van der Waals surface area contributed by atoms with Gasteiger partial charge in [-0.25, -0.2) is 14.6 Å². The van der Waals surface area contributed by atoms with Gasteiger partial charge in [-0.05, 0) is 36.3 Å². The highest BCUT2D eigenvalue weighted by Crippen LogP contribution is 2.25. The second-order valence-electron chi connectivity index (χ2n) is 8.39. The van der Waals surface area contributed by atoms with Crippen molar-refractivity contribution in [2.24, 2.45) is 5.92 Å². The maximum Gasteiger partial charge on any atom is 0.232 e. The Kier molecular flexibility index (Phi) is 6.62. The fraction of sp³-hybridized carbons (Fsp3) is 0.320. The summed E-state index contributed by atoms with van der Waals surface area (Å²) in [5.41, 5.74) is 3.84. The Labute approximate surface area is 197 Å². The van der Waals surface area contributed by atoms with Crippen LogP contribution in [0, 0.1) is 5.92 Å². The van der Waals surface area contributed by atoms with Crippen LogP contribution >= 0.6 is 11.8 Å². The summed E-state index contributed by atoms with van der Waals surface area (Å²) in [5, 5.41) is 9.26. The number of rotatable bonds is 7. The SMILES string of the molecule is O=C(CSc1ncnc2c1nnn2Cc1ccccc1)N1CCC(Cc2ccccc2)CC1. The summed E-state index contributed by atoms with van der Waals surface area (Å²) in [4.78, 5) is 23.6. The maximum absolute atomic E-state index is 12.8. The van der Waals surface area contributed by atoms with Crippen molar-refractivity contribution in [2.75, 3.05) is 18.8 Å². The molecule has 0 atom stereocenters. The highest BCUT2D eigenvalue weighted by atomic mass is 32.2. The van der Waals surface area contributed by atoms with E-state index >= 15 is 0 Å². The molecule has 0 N–H and O–H groups in total. The number of aromatic nitrogens is 5. The maximum atomic E-state index is 12.8. The first kappa shape index (κ1) is 21.6. The molecule has 1 saturated heterocycles. The minimum Gasteiger partial charge on any atom is -0.342 e. The van der Waals surface area contributed by atoms with E-state index in [0.29, 0.717) is 34.4 Å². The standard InChI is InChI=1S/C25H26N6OS/c32-22(30-13-11-20(12-14-30)15-19-7-3-1-4-8-19)17-33-25-23-24(26-18-27-25)31(29-28-23)16-21-9-5-2-6-10-21/h1-10,18,20H,11-17H2. The molecule has 1 aliphatic rings. The van der Waals surface area contributed by atoms with Gasteiger partial charge in [0.05, 0.1) is 12.3 Å². The quantitative estimate of drug-likeness (QED) is 0.309. The molecule has 3 heterocycles. The lowest BCUT2D eigenvalue weighted by Gasteiger charge is -2.32. The van der Waals surface area contributed by atoms with Crippen LogP contribution in [0.3, 0.4) is 0 Å². The fourth-order valence-corrected chi connectivity index (χ4v) is 5.13. The number of benzene rings is 2. The Hall–Kier alpha value is -3.26. The summed E-state index contributed by atoms with van der Waals surface area (Å²) in [6, 6.07) is 20.7. The van der Waals surface area contributed by atoms with Gasteiger partial charge in [-0.15, -0.1) is 5.10 Å². The third kappa shape index (κ3) is 5.22. The van der Waals surface area contributed by atoms with Crippen LogP contribution in [-0.4, -0.2) is 54.6 Å². The van der Waals surface area contributed by atoms with Gasteiger partial charge in [0.15, 0.2) is 11.2 Å². The minimum absolute atomic E-state index is 0.154. The molecule has 168 valence electrons. The minimum atomic E-state index is 0.154. The van der Waals surface area contributed by atoms with E-state index in [0.717, 1.165) is 37.9 Å². The smallest absolute Gasteiger partial charge is 0.232 e. The molecule has 8 heteroatoms. The van der Waals surface area contributed by atoms with Crippen LogP contribution in [0.1, 0.15) is 24.0 Å². The molecule has 1 aliphatic heterocycles. The van der Waals surface area contributed by atoms with Crippen LogP contribution in [0.5, 0.6) is 0 Å². The van der Waals surface area contributed by atoms with E-state index in [1.54, 1.807) is 4.68 Å². The zero-order chi connectivity index (χ0) is 22.5. The Morgan fingerprint density at radius 2 is 1.64 bits per heavy atom. The van der Waals surface area contributed by atoms with E-state index in [-0.39, 0.29) is 5.91 Å². The van der Waals surface area contributed by atoms with Gasteiger partial charge >= 0.3 is 0 Å². The van der Waals surface area contributed by atoms with Crippen molar-refractivity contribution in [3.05, 3.63) is 78.1 Å². The summed E-state index contributed by atoms with van der Waals surface area (Å²) in [6.07, 6.45) is 4.72. The van der Waals surface area contributed by atoms with Crippen LogP contribution < -0.4 is 0 Å². The van der Waals surface area contributed by atoms with Gasteiger partial charge in [0, 0.05) is 13.1 Å². The first-order valence-corrected chi connectivity index (χ1v) is 12.3. The van der Waals surface area contributed by atoms with E-state index in [1.807, 2.05) is 35.2 Å². The Bertz CT molecular complexity index is 1210. The van der Waals surface area contributed by atoms with Crippen molar-refractivity contribution in [2.45, 2.75) is 30.8 Å². The van der Waals surface area contributed by atoms with Gasteiger partial charge < -0.3 is 4.90 Å². The Morgan fingerprint density at radius 1 is 0.939 bits per heavy atom. The normalized spacial score (nSPS) is 14.6. The van der Waals surface area contributed by atoms with Crippen LogP contribution in [-0.2, 0) is 17.8 Å². The number of amides is 1. The van der Waals surface area contributed by atoms with E-state index in [9.17, 15) is 4.79 Å². The lowest BCUT2D eigenvalue weighted by atomic mass is 9.90. The Morgan fingerprint density at radius 3 is 2.36 bits per heavy atom. The van der Waals surface area contributed by atoms with Crippen molar-refractivity contribution < 1.29 is 4.79 Å². The molecule has 4 aromatic rings. The van der Waals surface area contributed by atoms with Crippen LogP contribution in [0.25, 0.3) is 11.2 Å². The highest BCUT2D eigenvalue weighted by Gasteiger charge is 2.23. The van der Waals surface area contributed by atoms with Crippen molar-refractivity contribution in [3.63, 3.8) is 0 Å². The largest absolute Gasteiger partial charge is 0.342 e. The molecule has 0 bridgehead atoms. The first-order chi connectivity index (χ1) is 16.3. The van der Waals surface area contributed by atoms with Gasteiger partial charge in [0.1, 0.15) is 11.4 Å². The molecular formula is C25H26N6OS. The van der Waals surface area contributed by atoms with Gasteiger partial charge in [-0.3, -0.25) is 4.79 Å². The highest BCUT2D eigenvalue weighted by molar-refractivity contribution is 8.00. The number of nitrogens with zero attached hydrogens (tertiary/aromatic N) is 6. The van der Waals surface area contributed by atoms with Crippen molar-refractivity contribution in [3.8, 4) is 0 Å². The average molecular weight is 459 g/mol. The second-order valence-corrected chi connectivity index (χ2v) is 9.35. The average Bonchev–Trinajstić information content (AvgIpc) is 3.27. The summed E-state index contributed by atoms with van der Waals surface area (Å²) < 4.78 is 1.77. The van der Waals surface area contributed by atoms with Crippen LogP contribution in [0.2, 0.25) is 0 Å². The van der Waals surface area contributed by atoms with Gasteiger partial charge in [0.25, 0.3) is 0 Å². The summed E-state index contributed by atoms with van der Waals surface area (Å²) in [5.74, 6) is 1.15. The molecule has 0 saturated carbocycles. The number of carbonyl (C=O) groups excluding carboxylic acids is 1. The van der Waals surface area contributed by atoms with Crippen LogP contribution in [0.15, 0.2) is 72.0 Å². The van der Waals surface area contributed by atoms with E-state index in [1.165, 1.54) is 23.7 Å². The number of hydrogen-bond donors (Lipinski definition) is 0. The van der Waals surface area contributed by atoms with Gasteiger partial charge in [-0.1, -0.05) is 77.6 Å². The predicted octanol–water partition coefficient (Wildman–Crippen LogP) is 3.84. The van der Waals surface area contributed by atoms with Crippen molar-refractivity contribution in [1.29, 1.82) is 0 Å². The number of thioether (sulfide) groups is 1. The molecule has 5 rings (SSSR count). The second kappa shape index (κ2) is 10.1. The third-order valence-corrected chi connectivity index (χ3v) is 7.07. The third-order valence-electron chi connectivity index (χ3n) is 6.11. The molecule has 2 aromatic heterocycles. The Balaban J connectivity index is 1.17. The molecule has 7 nitrogen and oxygen atoms in total. The molecular weight excluding hydrogens is 432 g/mol. The number of fused-ring (bicyclic) bond motifs is 1. The van der Waals surface area contributed by atoms with Gasteiger partial charge in [-0.2, -0.15) is 0 Å². The molecule has 0 aliphatic carbocycles. The topological polar surface area (TPSA) is 76.8 Å². The molecule has 2 aromatic carbocycles. The fourth-order valence-electron chi connectivity index (χ4n) is 4.30. The summed E-state index contributed by atoms with van der Waals surface area (Å²) in [6.45, 7) is 2.24. The monoisotopic (exact) mass is 458 g/mol. The lowest BCUT2D eigenvalue weighted by molar-refractivity contribution is -0.129. The van der Waals surface area contributed by atoms with Crippen molar-refractivity contribution >= 4 is 28.8 Å². The number of carbonyl (C=O) groups is 1. The molecule has 1 fully saturated rings. The van der Waals surface area contributed by atoms with E-state index < -0.39 is 0 Å². The molecule has 0 radical (unpaired) electrons. The van der Waals surface area contributed by atoms with Crippen molar-refractivity contribution in [1.82, 2.24) is 29.9 Å². The predicted molar refractivity (Wildman–Crippen MR) is 129 cm³/mol. The molecule has 0 unspecified atom stereocenters. The zero-order valence-electron chi connectivity index (χ0n) is 18.4. The molecule has 33 heavy (non-hydrogen) atoms. The first-order valence-electron chi connectivity index (χ1n) is 11.3.